The summed E-state index contributed by atoms with van der Waals surface area (Å²) in [6.45, 7) is 0.477. The van der Waals surface area contributed by atoms with Gasteiger partial charge in [-0.1, -0.05) is 0 Å². The van der Waals surface area contributed by atoms with Crippen molar-refractivity contribution in [3.05, 3.63) is 28.3 Å². The van der Waals surface area contributed by atoms with Gasteiger partial charge in [0.05, 0.1) is 11.5 Å². The van der Waals surface area contributed by atoms with Crippen LogP contribution in [0.5, 0.6) is 0 Å². The zero-order valence-electron chi connectivity index (χ0n) is 8.38. The maximum Gasteiger partial charge on any atom is 0.292 e. The first-order valence-corrected chi connectivity index (χ1v) is 4.42. The van der Waals surface area contributed by atoms with Crippen LogP contribution in [-0.2, 0) is 0 Å². The van der Waals surface area contributed by atoms with Crippen molar-refractivity contribution in [3.8, 4) is 0 Å². The highest BCUT2D eigenvalue weighted by Gasteiger charge is 2.12. The van der Waals surface area contributed by atoms with E-state index in [0.29, 0.717) is 6.54 Å². The van der Waals surface area contributed by atoms with Crippen LogP contribution in [-0.4, -0.2) is 30.2 Å². The van der Waals surface area contributed by atoms with E-state index < -0.39 is 4.92 Å². The van der Waals surface area contributed by atoms with Crippen LogP contribution in [0.25, 0.3) is 0 Å². The van der Waals surface area contributed by atoms with E-state index in [9.17, 15) is 10.1 Å². The molecule has 0 radical (unpaired) electrons. The fraction of sp³-hybridized carbons (Fsp3) is 0.333. The summed E-state index contributed by atoms with van der Waals surface area (Å²) in [5.74, 6) is 0. The van der Waals surface area contributed by atoms with Gasteiger partial charge in [-0.25, -0.2) is 0 Å². The average Bonchev–Trinajstić information content (AvgIpc) is 2.17. The molecule has 1 rings (SSSR count). The lowest BCUT2D eigenvalue weighted by Crippen LogP contribution is -2.21. The molecule has 0 aliphatic rings. The van der Waals surface area contributed by atoms with Crippen molar-refractivity contribution in [2.75, 3.05) is 30.8 Å². The van der Waals surface area contributed by atoms with Gasteiger partial charge < -0.3 is 15.7 Å². The molecule has 0 saturated heterocycles. The second-order valence-corrected chi connectivity index (χ2v) is 3.15. The first-order valence-electron chi connectivity index (χ1n) is 4.42. The molecule has 0 spiro atoms. The number of hydrogen-bond acceptors (Lipinski definition) is 5. The number of nitrogens with zero attached hydrogens (tertiary/aromatic N) is 2. The van der Waals surface area contributed by atoms with Gasteiger partial charge in [-0.3, -0.25) is 10.1 Å². The maximum atomic E-state index is 10.5. The van der Waals surface area contributed by atoms with E-state index in [-0.39, 0.29) is 18.0 Å². The first kappa shape index (κ1) is 11.3. The van der Waals surface area contributed by atoms with Crippen molar-refractivity contribution in [3.63, 3.8) is 0 Å². The Balaban J connectivity index is 2.96. The van der Waals surface area contributed by atoms with Gasteiger partial charge in [0, 0.05) is 25.3 Å². The van der Waals surface area contributed by atoms with Crippen molar-refractivity contribution < 1.29 is 10.0 Å². The van der Waals surface area contributed by atoms with E-state index in [1.165, 1.54) is 12.1 Å². The van der Waals surface area contributed by atoms with E-state index in [4.69, 9.17) is 10.8 Å². The molecule has 0 amide bonds. The van der Waals surface area contributed by atoms with Gasteiger partial charge in [-0.2, -0.15) is 0 Å². The highest BCUT2D eigenvalue weighted by Crippen LogP contribution is 2.26. The van der Waals surface area contributed by atoms with Crippen LogP contribution in [0.3, 0.4) is 0 Å². The second-order valence-electron chi connectivity index (χ2n) is 3.15. The zero-order chi connectivity index (χ0) is 11.4. The third kappa shape index (κ3) is 2.57. The highest BCUT2D eigenvalue weighted by atomic mass is 16.6. The predicted molar refractivity (Wildman–Crippen MR) is 57.9 cm³/mol. The summed E-state index contributed by atoms with van der Waals surface area (Å²) in [7, 11) is 1.77. The van der Waals surface area contributed by atoms with Crippen LogP contribution < -0.4 is 10.6 Å². The van der Waals surface area contributed by atoms with Crippen LogP contribution >= 0.6 is 0 Å². The smallest absolute Gasteiger partial charge is 0.292 e. The van der Waals surface area contributed by atoms with E-state index in [0.717, 1.165) is 5.69 Å². The van der Waals surface area contributed by atoms with Gasteiger partial charge >= 0.3 is 0 Å². The number of likely N-dealkylation sites (N-methyl/N-ethyl adjacent to an activating group) is 1. The molecule has 0 aliphatic heterocycles. The SMILES string of the molecule is CN(CCO)c1ccc([N+](=O)[O-])c(N)c1. The molecule has 1 aromatic rings. The topological polar surface area (TPSA) is 92.6 Å². The highest BCUT2D eigenvalue weighted by molar-refractivity contribution is 5.66. The molecule has 3 N–H and O–H groups in total. The van der Waals surface area contributed by atoms with Crippen LogP contribution in [0.15, 0.2) is 18.2 Å². The fourth-order valence-electron chi connectivity index (χ4n) is 1.22. The third-order valence-electron chi connectivity index (χ3n) is 2.08. The van der Waals surface area contributed by atoms with E-state index in [1.807, 2.05) is 0 Å². The van der Waals surface area contributed by atoms with Crippen LogP contribution in [0.1, 0.15) is 0 Å². The van der Waals surface area contributed by atoms with Crippen LogP contribution in [0, 0.1) is 10.1 Å². The number of nitro benzene ring substituents is 1. The summed E-state index contributed by atoms with van der Waals surface area (Å²) >= 11 is 0. The monoisotopic (exact) mass is 211 g/mol. The number of hydrogen-bond donors (Lipinski definition) is 2. The normalized spacial score (nSPS) is 10.0. The molecule has 15 heavy (non-hydrogen) atoms. The van der Waals surface area contributed by atoms with Crippen LogP contribution in [0.4, 0.5) is 17.1 Å². The lowest BCUT2D eigenvalue weighted by atomic mass is 10.2. The summed E-state index contributed by atoms with van der Waals surface area (Å²) in [4.78, 5) is 11.7. The Morgan fingerprint density at radius 1 is 1.60 bits per heavy atom. The summed E-state index contributed by atoms with van der Waals surface area (Å²) in [5, 5.41) is 19.2. The summed E-state index contributed by atoms with van der Waals surface area (Å²) in [6.07, 6.45) is 0. The Bertz CT molecular complexity index is 368. The van der Waals surface area contributed by atoms with E-state index in [2.05, 4.69) is 0 Å². The minimum Gasteiger partial charge on any atom is -0.395 e. The minimum absolute atomic E-state index is 0.0212. The van der Waals surface area contributed by atoms with Gasteiger partial charge in [0.2, 0.25) is 0 Å². The molecule has 0 heterocycles. The van der Waals surface area contributed by atoms with Crippen molar-refractivity contribution in [2.45, 2.75) is 0 Å². The Morgan fingerprint density at radius 3 is 2.73 bits per heavy atom. The predicted octanol–water partition coefficient (Wildman–Crippen LogP) is 0.605. The molecule has 6 nitrogen and oxygen atoms in total. The number of rotatable bonds is 4. The zero-order valence-corrected chi connectivity index (χ0v) is 8.38. The average molecular weight is 211 g/mol. The molecular formula is C9H13N3O3. The Kier molecular flexibility index (Phi) is 3.46. The van der Waals surface area contributed by atoms with Crippen molar-refractivity contribution in [1.82, 2.24) is 0 Å². The first-order chi connectivity index (χ1) is 7.06. The van der Waals surface area contributed by atoms with E-state index >= 15 is 0 Å². The molecule has 0 unspecified atom stereocenters. The summed E-state index contributed by atoms with van der Waals surface area (Å²) in [5.41, 5.74) is 6.29. The lowest BCUT2D eigenvalue weighted by molar-refractivity contribution is -0.383. The number of nitrogen functional groups attached to an aromatic ring is 1. The molecule has 0 bridgehead atoms. The Hall–Kier alpha value is -1.82. The molecule has 0 aromatic heterocycles. The van der Waals surface area contributed by atoms with Gasteiger partial charge in [0.1, 0.15) is 5.69 Å². The van der Waals surface area contributed by atoms with Crippen LogP contribution in [0.2, 0.25) is 0 Å². The Morgan fingerprint density at radius 2 is 2.27 bits per heavy atom. The quantitative estimate of drug-likeness (QED) is 0.432. The van der Waals surface area contributed by atoms with E-state index in [1.54, 1.807) is 18.0 Å². The molecule has 6 heteroatoms. The second kappa shape index (κ2) is 4.61. The van der Waals surface area contributed by atoms with Crippen molar-refractivity contribution in [1.29, 1.82) is 0 Å². The number of nitro groups is 1. The summed E-state index contributed by atoms with van der Waals surface area (Å²) < 4.78 is 0. The number of aliphatic hydroxyl groups is 1. The molecule has 0 atom stereocenters. The molecule has 0 aliphatic carbocycles. The molecule has 82 valence electrons. The molecular weight excluding hydrogens is 198 g/mol. The minimum atomic E-state index is -0.523. The van der Waals surface area contributed by atoms with Gasteiger partial charge in [0.25, 0.3) is 5.69 Å². The molecule has 0 saturated carbocycles. The van der Waals surface area contributed by atoms with Crippen molar-refractivity contribution >= 4 is 17.1 Å². The van der Waals surface area contributed by atoms with Crippen molar-refractivity contribution in [2.24, 2.45) is 0 Å². The van der Waals surface area contributed by atoms with Gasteiger partial charge in [-0.05, 0) is 12.1 Å². The fourth-order valence-corrected chi connectivity index (χ4v) is 1.22. The lowest BCUT2D eigenvalue weighted by Gasteiger charge is -2.17. The Labute approximate surface area is 87.1 Å². The maximum absolute atomic E-state index is 10.5. The largest absolute Gasteiger partial charge is 0.395 e. The number of anilines is 2. The van der Waals surface area contributed by atoms with Gasteiger partial charge in [-0.15, -0.1) is 0 Å². The standard InChI is InChI=1S/C9H13N3O3/c1-11(4-5-13)7-2-3-9(12(14)15)8(10)6-7/h2-3,6,13H,4-5,10H2,1H3. The number of benzene rings is 1. The molecule has 1 aromatic carbocycles. The van der Waals surface area contributed by atoms with Gasteiger partial charge in [0.15, 0.2) is 0 Å². The number of nitrogens with two attached hydrogens (primary N) is 1. The summed E-state index contributed by atoms with van der Waals surface area (Å²) in [6, 6.07) is 4.48. The third-order valence-corrected chi connectivity index (χ3v) is 2.08. The molecule has 0 fully saturated rings. The number of aliphatic hydroxyl groups excluding tert-OH is 1.